The van der Waals surface area contributed by atoms with Crippen molar-refractivity contribution < 1.29 is 13.2 Å². The molecule has 9 heteroatoms. The smallest absolute Gasteiger partial charge is 0.251 e. The van der Waals surface area contributed by atoms with Crippen molar-refractivity contribution in [2.24, 2.45) is 10.9 Å². The van der Waals surface area contributed by atoms with Crippen LogP contribution in [0.3, 0.4) is 0 Å². The Labute approximate surface area is 167 Å². The number of amides is 1. The van der Waals surface area contributed by atoms with Crippen LogP contribution in [0.2, 0.25) is 0 Å². The molecule has 2 heterocycles. The summed E-state index contributed by atoms with van der Waals surface area (Å²) in [4.78, 5) is 18.9. The van der Waals surface area contributed by atoms with Gasteiger partial charge in [0.15, 0.2) is 4.80 Å². The summed E-state index contributed by atoms with van der Waals surface area (Å²) in [5.41, 5.74) is 1.04. The minimum absolute atomic E-state index is 0.169. The van der Waals surface area contributed by atoms with Gasteiger partial charge in [-0.15, -0.1) is 18.3 Å². The van der Waals surface area contributed by atoms with Gasteiger partial charge >= 0.3 is 0 Å². The van der Waals surface area contributed by atoms with Crippen LogP contribution in [0.5, 0.6) is 0 Å². The zero-order chi connectivity index (χ0) is 19.6. The third-order valence-corrected chi connectivity index (χ3v) is 7.75. The molecule has 0 radical (unpaired) electrons. The number of aromatic nitrogens is 1. The number of nitrogens with zero attached hydrogens (tertiary/aromatic N) is 3. The van der Waals surface area contributed by atoms with E-state index < -0.39 is 10.0 Å². The van der Waals surface area contributed by atoms with E-state index in [-0.39, 0.29) is 11.8 Å². The molecule has 1 amide bonds. The predicted octanol–water partition coefficient (Wildman–Crippen LogP) is 2.71. The first-order chi connectivity index (χ1) is 12.8. The maximum atomic E-state index is 12.7. The van der Waals surface area contributed by atoms with Crippen molar-refractivity contribution in [3.63, 3.8) is 0 Å². The maximum Gasteiger partial charge on any atom is 0.251 e. The summed E-state index contributed by atoms with van der Waals surface area (Å²) >= 11 is 3.18. The summed E-state index contributed by atoms with van der Waals surface area (Å²) < 4.78 is 27.8. The molecule has 6 nitrogen and oxygen atoms in total. The number of fused-ring (bicyclic) bond motifs is 1. The van der Waals surface area contributed by atoms with Crippen LogP contribution in [0.1, 0.15) is 12.8 Å². The van der Waals surface area contributed by atoms with Gasteiger partial charge in [-0.25, -0.2) is 12.7 Å². The highest BCUT2D eigenvalue weighted by atomic mass is 32.2. The Kier molecular flexibility index (Phi) is 6.25. The van der Waals surface area contributed by atoms with Crippen LogP contribution in [0.4, 0.5) is 0 Å². The number of piperidine rings is 1. The van der Waals surface area contributed by atoms with E-state index in [4.69, 9.17) is 0 Å². The zero-order valence-electron chi connectivity index (χ0n) is 15.4. The second-order valence-corrected chi connectivity index (χ2v) is 10.4. The van der Waals surface area contributed by atoms with Gasteiger partial charge in [-0.05, 0) is 37.3 Å². The zero-order valence-corrected chi connectivity index (χ0v) is 17.9. The van der Waals surface area contributed by atoms with Crippen molar-refractivity contribution in [2.45, 2.75) is 24.3 Å². The van der Waals surface area contributed by atoms with Crippen molar-refractivity contribution in [3.05, 3.63) is 35.7 Å². The molecule has 1 fully saturated rings. The molecule has 1 aliphatic heterocycles. The second kappa shape index (κ2) is 8.30. The topological polar surface area (TPSA) is 71.7 Å². The van der Waals surface area contributed by atoms with E-state index in [9.17, 15) is 13.2 Å². The monoisotopic (exact) mass is 425 g/mol. The minimum atomic E-state index is -3.20. The summed E-state index contributed by atoms with van der Waals surface area (Å²) in [6.45, 7) is 5.14. The van der Waals surface area contributed by atoms with Gasteiger partial charge in [-0.3, -0.25) is 4.79 Å². The van der Waals surface area contributed by atoms with E-state index in [1.165, 1.54) is 26.8 Å². The predicted molar refractivity (Wildman–Crippen MR) is 112 cm³/mol. The third-order valence-electron chi connectivity index (χ3n) is 4.68. The number of thiazole rings is 1. The maximum absolute atomic E-state index is 12.7. The number of rotatable bonds is 5. The van der Waals surface area contributed by atoms with Gasteiger partial charge in [-0.1, -0.05) is 17.4 Å². The Morgan fingerprint density at radius 2 is 2.11 bits per heavy atom. The van der Waals surface area contributed by atoms with E-state index in [1.54, 1.807) is 17.8 Å². The third kappa shape index (κ3) is 4.53. The summed E-state index contributed by atoms with van der Waals surface area (Å²) in [5, 5.41) is 0. The summed E-state index contributed by atoms with van der Waals surface area (Å²) in [6.07, 6.45) is 6.06. The standard InChI is InChI=1S/C18H23N3O3S3/c1-4-9-21-15-6-5-14(25-2)12-16(15)26-18(21)19-17(22)13-7-10-20(11-8-13)27(3,23)24/h4-6,12-13H,1,7-11H2,2-3H3. The number of carbonyl (C=O) groups excluding carboxylic acids is 1. The highest BCUT2D eigenvalue weighted by Crippen LogP contribution is 2.25. The fourth-order valence-electron chi connectivity index (χ4n) is 3.19. The Balaban J connectivity index is 1.89. The van der Waals surface area contributed by atoms with Crippen molar-refractivity contribution >= 4 is 49.2 Å². The lowest BCUT2D eigenvalue weighted by Crippen LogP contribution is -2.39. The highest BCUT2D eigenvalue weighted by Gasteiger charge is 2.28. The average Bonchev–Trinajstić information content (AvgIpc) is 2.97. The van der Waals surface area contributed by atoms with Gasteiger partial charge in [0.1, 0.15) is 0 Å². The van der Waals surface area contributed by atoms with E-state index in [0.29, 0.717) is 37.3 Å². The van der Waals surface area contributed by atoms with E-state index in [2.05, 4.69) is 29.8 Å². The number of carbonyl (C=O) groups is 1. The van der Waals surface area contributed by atoms with Crippen LogP contribution in [0.25, 0.3) is 10.2 Å². The molecule has 146 valence electrons. The highest BCUT2D eigenvalue weighted by molar-refractivity contribution is 7.98. The molecular weight excluding hydrogens is 402 g/mol. The first-order valence-corrected chi connectivity index (χ1v) is 12.5. The van der Waals surface area contributed by atoms with Gasteiger partial charge in [0.05, 0.1) is 16.5 Å². The summed E-state index contributed by atoms with van der Waals surface area (Å²) in [5.74, 6) is -0.398. The van der Waals surface area contributed by atoms with Crippen LogP contribution in [-0.2, 0) is 21.4 Å². The minimum Gasteiger partial charge on any atom is -0.313 e. The quantitative estimate of drug-likeness (QED) is 0.545. The summed E-state index contributed by atoms with van der Waals surface area (Å²) in [6, 6.07) is 6.22. The van der Waals surface area contributed by atoms with Gasteiger partial charge < -0.3 is 4.57 Å². The molecule has 1 aliphatic rings. The Morgan fingerprint density at radius 1 is 1.41 bits per heavy atom. The first kappa shape index (κ1) is 20.3. The Morgan fingerprint density at radius 3 is 2.70 bits per heavy atom. The molecule has 0 bridgehead atoms. The molecule has 1 saturated heterocycles. The number of sulfonamides is 1. The van der Waals surface area contributed by atoms with Crippen molar-refractivity contribution in [1.29, 1.82) is 0 Å². The molecule has 0 unspecified atom stereocenters. The number of benzene rings is 1. The molecule has 27 heavy (non-hydrogen) atoms. The lowest BCUT2D eigenvalue weighted by Gasteiger charge is -2.28. The molecule has 0 saturated carbocycles. The average molecular weight is 426 g/mol. The normalized spacial score (nSPS) is 17.5. The largest absolute Gasteiger partial charge is 0.313 e. The fourth-order valence-corrected chi connectivity index (χ4v) is 5.66. The molecule has 0 spiro atoms. The molecule has 0 aliphatic carbocycles. The summed E-state index contributed by atoms with van der Waals surface area (Å²) in [7, 11) is -3.20. The lowest BCUT2D eigenvalue weighted by atomic mass is 9.98. The van der Waals surface area contributed by atoms with Crippen molar-refractivity contribution in [3.8, 4) is 0 Å². The number of hydrogen-bond donors (Lipinski definition) is 0. The van der Waals surface area contributed by atoms with Gasteiger partial charge in [0.25, 0.3) is 5.91 Å². The molecule has 2 aromatic rings. The van der Waals surface area contributed by atoms with Gasteiger partial charge in [-0.2, -0.15) is 4.99 Å². The van der Waals surface area contributed by atoms with Crippen LogP contribution >= 0.6 is 23.1 Å². The molecule has 1 aromatic heterocycles. The van der Waals surface area contributed by atoms with Crippen molar-refractivity contribution in [1.82, 2.24) is 8.87 Å². The fraction of sp³-hybridized carbons (Fsp3) is 0.444. The van der Waals surface area contributed by atoms with Crippen LogP contribution in [0.15, 0.2) is 40.7 Å². The number of hydrogen-bond acceptors (Lipinski definition) is 5. The molecule has 0 atom stereocenters. The molecule has 1 aromatic carbocycles. The number of thioether (sulfide) groups is 1. The second-order valence-electron chi connectivity index (χ2n) is 6.50. The lowest BCUT2D eigenvalue weighted by molar-refractivity contribution is -0.122. The number of allylic oxidation sites excluding steroid dienone is 1. The van der Waals surface area contributed by atoms with E-state index in [0.717, 1.165) is 10.2 Å². The van der Waals surface area contributed by atoms with Gasteiger partial charge in [0, 0.05) is 30.4 Å². The Hall–Kier alpha value is -1.42. The Bertz CT molecular complexity index is 1030. The van der Waals surface area contributed by atoms with E-state index >= 15 is 0 Å². The molecule has 3 rings (SSSR count). The van der Waals surface area contributed by atoms with Crippen LogP contribution in [-0.4, -0.2) is 48.8 Å². The van der Waals surface area contributed by atoms with Crippen LogP contribution in [0, 0.1) is 5.92 Å². The molecule has 0 N–H and O–H groups in total. The van der Waals surface area contributed by atoms with Crippen LogP contribution < -0.4 is 4.80 Å². The van der Waals surface area contributed by atoms with Crippen molar-refractivity contribution in [2.75, 3.05) is 25.6 Å². The van der Waals surface area contributed by atoms with Gasteiger partial charge in [0.2, 0.25) is 10.0 Å². The SMILES string of the molecule is C=CCn1c(=NC(=O)C2CCN(S(C)(=O)=O)CC2)sc2cc(SC)ccc21. The van der Waals surface area contributed by atoms with E-state index in [1.807, 2.05) is 10.8 Å². The molecular formula is C18H23N3O3S3. The first-order valence-electron chi connectivity index (χ1n) is 8.65.